The number of carboxylic acid groups (broad SMARTS) is 3. The number of aliphatic carboxylic acids is 3. The number of esters is 2. The van der Waals surface area contributed by atoms with Crippen LogP contribution in [-0.4, -0.2) is 96.8 Å². The van der Waals surface area contributed by atoms with Gasteiger partial charge < -0.3 is 44.5 Å². The number of fused-ring (bicyclic) bond motifs is 2. The molecule has 1 aromatic rings. The molecule has 3 rings (SSSR count). The lowest BCUT2D eigenvalue weighted by molar-refractivity contribution is -0.374. The molecule has 2 aliphatic heterocycles. The minimum Gasteiger partial charge on any atom is -0.479 e. The molecule has 0 saturated carbocycles. The van der Waals surface area contributed by atoms with Gasteiger partial charge in [-0.3, -0.25) is 9.59 Å². The van der Waals surface area contributed by atoms with Crippen LogP contribution in [-0.2, 0) is 49.3 Å². The Balaban J connectivity index is 1.98. The first-order valence-electron chi connectivity index (χ1n) is 16.4. The maximum Gasteiger partial charge on any atom is 0.344 e. The van der Waals surface area contributed by atoms with E-state index in [9.17, 15) is 49.5 Å². The van der Waals surface area contributed by atoms with Crippen LogP contribution >= 0.6 is 0 Å². The number of carbonyl (C=O) groups excluding carboxylic acids is 2. The summed E-state index contributed by atoms with van der Waals surface area (Å²) in [5.74, 6) is -10.8. The van der Waals surface area contributed by atoms with Gasteiger partial charge in [-0.15, -0.1) is 0 Å². The Hall–Kier alpha value is -3.85. The van der Waals surface area contributed by atoms with E-state index in [1.807, 2.05) is 51.1 Å². The number of hydrogen-bond donors (Lipinski definition) is 5. The average Bonchev–Trinajstić information content (AvgIpc) is 3.25. The molecule has 0 aromatic heterocycles. The Morgan fingerprint density at radius 3 is 2.14 bits per heavy atom. The maximum absolute atomic E-state index is 13.1. The van der Waals surface area contributed by atoms with Crippen molar-refractivity contribution in [3.05, 3.63) is 48.0 Å². The standard InChI is InChI=1S/C35H48O14/c1-7-19(2)17-20(3)13-14-25(37)47-28-27(38)33(48-29(30(39)40)34(45,31(41)42)35(28,49-33)32(43)44)16-15-21(4)26(46-23(6)36)22(5)18-24-11-9-8-10-12-24/h8-12,19-20,22,26-29,38,45H,4,7,13-18H2,1-3,5-6H3,(H,39,40)(H,41,42)(H,43,44)/t19-,20+,22?,26?,27+,28+,29+,33+,34+,35+/m0/s1. The van der Waals surface area contributed by atoms with E-state index in [2.05, 4.69) is 13.5 Å². The van der Waals surface area contributed by atoms with Crippen LogP contribution < -0.4 is 0 Å². The number of aliphatic hydroxyl groups is 2. The first-order chi connectivity index (χ1) is 22.9. The van der Waals surface area contributed by atoms with Crippen molar-refractivity contribution in [1.29, 1.82) is 0 Å². The van der Waals surface area contributed by atoms with Crippen LogP contribution in [0.2, 0.25) is 0 Å². The van der Waals surface area contributed by atoms with Gasteiger partial charge >= 0.3 is 29.8 Å². The summed E-state index contributed by atoms with van der Waals surface area (Å²) in [7, 11) is 0. The van der Waals surface area contributed by atoms with E-state index in [1.165, 1.54) is 6.92 Å². The summed E-state index contributed by atoms with van der Waals surface area (Å²) in [5, 5.41) is 53.6. The van der Waals surface area contributed by atoms with Gasteiger partial charge in [0.1, 0.15) is 12.2 Å². The average molecular weight is 693 g/mol. The summed E-state index contributed by atoms with van der Waals surface area (Å²) in [6, 6.07) is 9.31. The minimum absolute atomic E-state index is 0.0578. The van der Waals surface area contributed by atoms with Crippen LogP contribution in [0.1, 0.15) is 78.7 Å². The zero-order valence-corrected chi connectivity index (χ0v) is 28.5. The van der Waals surface area contributed by atoms with E-state index >= 15 is 0 Å². The fourth-order valence-corrected chi connectivity index (χ4v) is 6.83. The molecule has 2 fully saturated rings. The van der Waals surface area contributed by atoms with Gasteiger partial charge in [-0.25, -0.2) is 14.4 Å². The highest BCUT2D eigenvalue weighted by molar-refractivity contribution is 5.98. The lowest BCUT2D eigenvalue weighted by Gasteiger charge is -2.48. The lowest BCUT2D eigenvalue weighted by Crippen LogP contribution is -2.78. The van der Waals surface area contributed by atoms with Crippen molar-refractivity contribution in [3.8, 4) is 0 Å². The molecule has 2 saturated heterocycles. The number of carboxylic acids is 3. The van der Waals surface area contributed by atoms with E-state index in [1.54, 1.807) is 0 Å². The first-order valence-corrected chi connectivity index (χ1v) is 16.4. The summed E-state index contributed by atoms with van der Waals surface area (Å²) < 4.78 is 22.2. The van der Waals surface area contributed by atoms with Crippen LogP contribution in [0.3, 0.4) is 0 Å². The normalized spacial score (nSPS) is 30.0. The Morgan fingerprint density at radius 1 is 0.980 bits per heavy atom. The van der Waals surface area contributed by atoms with Crippen molar-refractivity contribution < 1.29 is 68.5 Å². The largest absolute Gasteiger partial charge is 0.479 e. The second-order valence-electron chi connectivity index (χ2n) is 13.5. The Morgan fingerprint density at radius 2 is 1.61 bits per heavy atom. The molecule has 0 amide bonds. The van der Waals surface area contributed by atoms with E-state index < -0.39 is 77.7 Å². The number of hydrogen-bond acceptors (Lipinski definition) is 11. The summed E-state index contributed by atoms with van der Waals surface area (Å²) >= 11 is 0. The second kappa shape index (κ2) is 15.8. The summed E-state index contributed by atoms with van der Waals surface area (Å²) in [6.07, 6.45) is -6.96. The summed E-state index contributed by atoms with van der Waals surface area (Å²) in [4.78, 5) is 63.1. The van der Waals surface area contributed by atoms with Gasteiger partial charge in [0.15, 0.2) is 6.10 Å². The van der Waals surface area contributed by atoms with Gasteiger partial charge in [0, 0.05) is 25.7 Å². The predicted molar refractivity (Wildman–Crippen MR) is 171 cm³/mol. The van der Waals surface area contributed by atoms with E-state index in [0.29, 0.717) is 18.8 Å². The van der Waals surface area contributed by atoms with Crippen molar-refractivity contribution in [3.63, 3.8) is 0 Å². The fraction of sp³-hybridized carbons (Fsp3) is 0.629. The fourth-order valence-electron chi connectivity index (χ4n) is 6.83. The Kier molecular flexibility index (Phi) is 12.8. The molecule has 5 N–H and O–H groups in total. The smallest absolute Gasteiger partial charge is 0.344 e. The quantitative estimate of drug-likeness (QED) is 0.110. The third-order valence-electron chi connectivity index (χ3n) is 9.61. The van der Waals surface area contributed by atoms with Crippen molar-refractivity contribution in [2.75, 3.05) is 0 Å². The zero-order chi connectivity index (χ0) is 36.9. The number of aliphatic hydroxyl groups excluding tert-OH is 1. The predicted octanol–water partition coefficient (Wildman–Crippen LogP) is 3.11. The van der Waals surface area contributed by atoms with Crippen LogP contribution in [0.15, 0.2) is 42.5 Å². The van der Waals surface area contributed by atoms with Crippen LogP contribution in [0, 0.1) is 17.8 Å². The number of ether oxygens (including phenoxy) is 4. The monoisotopic (exact) mass is 692 g/mol. The van der Waals surface area contributed by atoms with Gasteiger partial charge in [0.25, 0.3) is 0 Å². The molecule has 0 aliphatic carbocycles. The molecule has 272 valence electrons. The topological polar surface area (TPSA) is 223 Å². The van der Waals surface area contributed by atoms with E-state index in [-0.39, 0.29) is 30.3 Å². The Bertz CT molecular complexity index is 1400. The molecule has 2 unspecified atom stereocenters. The highest BCUT2D eigenvalue weighted by Gasteiger charge is 2.85. The van der Waals surface area contributed by atoms with Crippen molar-refractivity contribution in [2.24, 2.45) is 17.8 Å². The molecule has 2 heterocycles. The maximum atomic E-state index is 13.1. The number of benzene rings is 1. The van der Waals surface area contributed by atoms with Crippen LogP contribution in [0.25, 0.3) is 0 Å². The minimum atomic E-state index is -3.87. The zero-order valence-electron chi connectivity index (χ0n) is 28.5. The van der Waals surface area contributed by atoms with Gasteiger partial charge in [0.2, 0.25) is 23.1 Å². The van der Waals surface area contributed by atoms with Gasteiger partial charge in [-0.2, -0.15) is 0 Å². The molecular formula is C35H48O14. The highest BCUT2D eigenvalue weighted by atomic mass is 16.8. The highest BCUT2D eigenvalue weighted by Crippen LogP contribution is 2.56. The molecule has 14 heteroatoms. The van der Waals surface area contributed by atoms with E-state index in [4.69, 9.17) is 18.9 Å². The summed E-state index contributed by atoms with van der Waals surface area (Å²) in [5.41, 5.74) is -6.20. The molecule has 10 atom stereocenters. The van der Waals surface area contributed by atoms with Crippen LogP contribution in [0.4, 0.5) is 0 Å². The number of rotatable bonds is 18. The molecule has 14 nitrogen and oxygen atoms in total. The van der Waals surface area contributed by atoms with Crippen molar-refractivity contribution >= 4 is 29.8 Å². The SMILES string of the molecule is C=C(CC[C@@]12O[C@H](C(=O)O)[C@@](O)(C(=O)O)[C@@](C(=O)O)(O1)[C@H](OC(=O)CC[C@@H](C)C[C@@H](C)CC)[C@H]2O)C(OC(C)=O)C(C)Cc1ccccc1. The third kappa shape index (κ3) is 7.98. The van der Waals surface area contributed by atoms with Crippen LogP contribution in [0.5, 0.6) is 0 Å². The van der Waals surface area contributed by atoms with E-state index in [0.717, 1.165) is 18.4 Å². The lowest BCUT2D eigenvalue weighted by atomic mass is 9.74. The molecule has 0 radical (unpaired) electrons. The van der Waals surface area contributed by atoms with Gasteiger partial charge in [-0.05, 0) is 48.7 Å². The second-order valence-corrected chi connectivity index (χ2v) is 13.5. The molecule has 1 aromatic carbocycles. The third-order valence-corrected chi connectivity index (χ3v) is 9.61. The molecule has 0 spiro atoms. The summed E-state index contributed by atoms with van der Waals surface area (Å²) in [6.45, 7) is 13.0. The molecule has 2 aliphatic rings. The first kappa shape index (κ1) is 39.6. The van der Waals surface area contributed by atoms with Gasteiger partial charge in [0.05, 0.1) is 0 Å². The Labute approximate surface area is 285 Å². The molecule has 2 bridgehead atoms. The number of carbonyl (C=O) groups is 5. The van der Waals surface area contributed by atoms with Crippen molar-refractivity contribution in [1.82, 2.24) is 0 Å². The van der Waals surface area contributed by atoms with Gasteiger partial charge in [-0.1, -0.05) is 71.0 Å². The van der Waals surface area contributed by atoms with Crippen molar-refractivity contribution in [2.45, 2.75) is 121 Å². The molecule has 49 heavy (non-hydrogen) atoms. The molecular weight excluding hydrogens is 644 g/mol.